The van der Waals surface area contributed by atoms with E-state index in [1.54, 1.807) is 0 Å². The van der Waals surface area contributed by atoms with Crippen molar-refractivity contribution in [2.45, 2.75) is 42.8 Å². The van der Waals surface area contributed by atoms with E-state index < -0.39 is 28.0 Å². The summed E-state index contributed by atoms with van der Waals surface area (Å²) in [6, 6.07) is 10.5. The zero-order chi connectivity index (χ0) is 25.0. The van der Waals surface area contributed by atoms with E-state index >= 15 is 0 Å². The van der Waals surface area contributed by atoms with Gasteiger partial charge in [0.05, 0.1) is 24.2 Å². The van der Waals surface area contributed by atoms with Gasteiger partial charge in [-0.3, -0.25) is 9.59 Å². The van der Waals surface area contributed by atoms with Crippen molar-refractivity contribution in [3.05, 3.63) is 71.8 Å². The van der Waals surface area contributed by atoms with Crippen LogP contribution in [0.4, 0.5) is 0 Å². The third-order valence-electron chi connectivity index (χ3n) is 6.26. The number of fused-ring (bicyclic) bond motifs is 1. The highest BCUT2D eigenvalue weighted by Crippen LogP contribution is 2.27. The fraction of sp³-hybridized carbons (Fsp3) is 0.360. The van der Waals surface area contributed by atoms with Gasteiger partial charge >= 0.3 is 0 Å². The van der Waals surface area contributed by atoms with E-state index in [1.807, 2.05) is 18.2 Å². The Hall–Kier alpha value is -3.21. The molecule has 9 nitrogen and oxygen atoms in total. The normalized spacial score (nSPS) is 19.9. The Bertz CT molecular complexity index is 1210. The average Bonchev–Trinajstić information content (AvgIpc) is 3.30. The Morgan fingerprint density at radius 1 is 1.20 bits per heavy atom. The SMILES string of the molecule is C=CC(=O)NC1CC(CO)N(S(=O)(=O)c2ccc(C(=O)NCc3ccc4c(c3)CCCO4)cc2)C1. The summed E-state index contributed by atoms with van der Waals surface area (Å²) in [6.45, 7) is 4.14. The highest BCUT2D eigenvalue weighted by atomic mass is 32.2. The second-order valence-electron chi connectivity index (χ2n) is 8.66. The van der Waals surface area contributed by atoms with E-state index in [2.05, 4.69) is 17.2 Å². The Balaban J connectivity index is 1.40. The molecule has 2 aliphatic rings. The number of ether oxygens (including phenoxy) is 1. The molecule has 186 valence electrons. The molecule has 2 aliphatic heterocycles. The van der Waals surface area contributed by atoms with Crippen molar-refractivity contribution in [1.82, 2.24) is 14.9 Å². The number of nitrogens with zero attached hydrogens (tertiary/aromatic N) is 1. The predicted octanol–water partition coefficient (Wildman–Crippen LogP) is 1.37. The molecule has 0 aliphatic carbocycles. The number of carbonyl (C=O) groups excluding carboxylic acids is 2. The lowest BCUT2D eigenvalue weighted by atomic mass is 10.0. The summed E-state index contributed by atoms with van der Waals surface area (Å²) in [7, 11) is -3.93. The molecular weight excluding hydrogens is 470 g/mol. The van der Waals surface area contributed by atoms with Crippen molar-refractivity contribution in [1.29, 1.82) is 0 Å². The summed E-state index contributed by atoms with van der Waals surface area (Å²) >= 11 is 0. The van der Waals surface area contributed by atoms with Gasteiger partial charge < -0.3 is 20.5 Å². The van der Waals surface area contributed by atoms with Crippen LogP contribution in [0.3, 0.4) is 0 Å². The number of nitrogens with one attached hydrogen (secondary N) is 2. The van der Waals surface area contributed by atoms with E-state index in [0.29, 0.717) is 18.5 Å². The van der Waals surface area contributed by atoms with Crippen molar-refractivity contribution >= 4 is 21.8 Å². The monoisotopic (exact) mass is 499 g/mol. The lowest BCUT2D eigenvalue weighted by Gasteiger charge is -2.22. The van der Waals surface area contributed by atoms with Crippen molar-refractivity contribution in [3.8, 4) is 5.75 Å². The number of hydrogen-bond donors (Lipinski definition) is 3. The lowest BCUT2D eigenvalue weighted by molar-refractivity contribution is -0.117. The molecule has 2 heterocycles. The minimum Gasteiger partial charge on any atom is -0.493 e. The molecule has 10 heteroatoms. The largest absolute Gasteiger partial charge is 0.493 e. The Labute approximate surface area is 204 Å². The van der Waals surface area contributed by atoms with Gasteiger partial charge in [-0.15, -0.1) is 0 Å². The quantitative estimate of drug-likeness (QED) is 0.471. The number of aliphatic hydroxyl groups excluding tert-OH is 1. The van der Waals surface area contributed by atoms with E-state index in [0.717, 1.165) is 42.4 Å². The van der Waals surface area contributed by atoms with Gasteiger partial charge in [0.15, 0.2) is 0 Å². The van der Waals surface area contributed by atoms with Crippen LogP contribution in [0.2, 0.25) is 0 Å². The molecule has 2 aromatic rings. The summed E-state index contributed by atoms with van der Waals surface area (Å²) in [5.74, 6) is 0.175. The van der Waals surface area contributed by atoms with Crippen LogP contribution in [-0.4, -0.2) is 61.5 Å². The highest BCUT2D eigenvalue weighted by molar-refractivity contribution is 7.89. The molecule has 2 amide bonds. The predicted molar refractivity (Wildman–Crippen MR) is 129 cm³/mol. The maximum Gasteiger partial charge on any atom is 0.251 e. The molecule has 3 N–H and O–H groups in total. The molecule has 0 aromatic heterocycles. The minimum atomic E-state index is -3.93. The first-order valence-electron chi connectivity index (χ1n) is 11.5. The first kappa shape index (κ1) is 24.9. The number of aliphatic hydroxyl groups is 1. The number of sulfonamides is 1. The zero-order valence-corrected chi connectivity index (χ0v) is 20.1. The summed E-state index contributed by atoms with van der Waals surface area (Å²) in [5.41, 5.74) is 2.43. The third-order valence-corrected chi connectivity index (χ3v) is 8.19. The molecule has 0 bridgehead atoms. The van der Waals surface area contributed by atoms with E-state index in [9.17, 15) is 23.1 Å². The second-order valence-corrected chi connectivity index (χ2v) is 10.5. The lowest BCUT2D eigenvalue weighted by Crippen LogP contribution is -2.39. The summed E-state index contributed by atoms with van der Waals surface area (Å²) in [6.07, 6.45) is 3.33. The summed E-state index contributed by atoms with van der Waals surface area (Å²) in [4.78, 5) is 24.2. The van der Waals surface area contributed by atoms with Crippen LogP contribution in [0.25, 0.3) is 0 Å². The molecule has 0 radical (unpaired) electrons. The van der Waals surface area contributed by atoms with Gasteiger partial charge in [0.2, 0.25) is 15.9 Å². The van der Waals surface area contributed by atoms with Crippen molar-refractivity contribution in [3.63, 3.8) is 0 Å². The van der Waals surface area contributed by atoms with Gasteiger partial charge in [-0.25, -0.2) is 8.42 Å². The third kappa shape index (κ3) is 5.55. The molecule has 1 fully saturated rings. The van der Waals surface area contributed by atoms with Gasteiger partial charge in [-0.05, 0) is 66.8 Å². The first-order valence-corrected chi connectivity index (χ1v) is 12.9. The zero-order valence-electron chi connectivity index (χ0n) is 19.3. The molecule has 2 atom stereocenters. The number of benzene rings is 2. The van der Waals surface area contributed by atoms with Gasteiger partial charge in [0.25, 0.3) is 5.91 Å². The first-order chi connectivity index (χ1) is 16.8. The van der Waals surface area contributed by atoms with Crippen LogP contribution >= 0.6 is 0 Å². The van der Waals surface area contributed by atoms with Crippen LogP contribution in [0.1, 0.15) is 34.3 Å². The Morgan fingerprint density at radius 3 is 2.69 bits per heavy atom. The second kappa shape index (κ2) is 10.6. The van der Waals surface area contributed by atoms with Gasteiger partial charge in [-0.1, -0.05) is 18.7 Å². The summed E-state index contributed by atoms with van der Waals surface area (Å²) in [5, 5.41) is 15.2. The van der Waals surface area contributed by atoms with Crippen LogP contribution in [0.15, 0.2) is 60.0 Å². The smallest absolute Gasteiger partial charge is 0.251 e. The number of amides is 2. The topological polar surface area (TPSA) is 125 Å². The summed E-state index contributed by atoms with van der Waals surface area (Å²) < 4.78 is 33.2. The van der Waals surface area contributed by atoms with E-state index in [4.69, 9.17) is 4.74 Å². The highest BCUT2D eigenvalue weighted by Gasteiger charge is 2.40. The number of aryl methyl sites for hydroxylation is 1. The van der Waals surface area contributed by atoms with E-state index in [-0.39, 0.29) is 24.0 Å². The van der Waals surface area contributed by atoms with Crippen LogP contribution in [0.5, 0.6) is 5.75 Å². The molecule has 1 saturated heterocycles. The van der Waals surface area contributed by atoms with Crippen LogP contribution in [-0.2, 0) is 27.8 Å². The number of hydrogen-bond acceptors (Lipinski definition) is 6. The van der Waals surface area contributed by atoms with Crippen molar-refractivity contribution in [2.24, 2.45) is 0 Å². The molecule has 35 heavy (non-hydrogen) atoms. The molecule has 0 spiro atoms. The van der Waals surface area contributed by atoms with Crippen LogP contribution in [0, 0.1) is 0 Å². The van der Waals surface area contributed by atoms with Gasteiger partial charge in [0.1, 0.15) is 5.75 Å². The average molecular weight is 500 g/mol. The van der Waals surface area contributed by atoms with Gasteiger partial charge in [0, 0.05) is 24.7 Å². The van der Waals surface area contributed by atoms with E-state index in [1.165, 1.54) is 28.6 Å². The van der Waals surface area contributed by atoms with Crippen molar-refractivity contribution < 1.29 is 27.9 Å². The minimum absolute atomic E-state index is 0.0119. The molecular formula is C25H29N3O6S. The Morgan fingerprint density at radius 2 is 1.97 bits per heavy atom. The molecule has 2 aromatic carbocycles. The molecule has 4 rings (SSSR count). The Kier molecular flexibility index (Phi) is 7.54. The van der Waals surface area contributed by atoms with Crippen molar-refractivity contribution in [2.75, 3.05) is 19.8 Å². The maximum atomic E-state index is 13.2. The molecule has 2 unspecified atom stereocenters. The number of carbonyl (C=O) groups is 2. The van der Waals surface area contributed by atoms with Gasteiger partial charge in [-0.2, -0.15) is 4.31 Å². The fourth-order valence-corrected chi connectivity index (χ4v) is 6.11. The fourth-order valence-electron chi connectivity index (χ4n) is 4.43. The van der Waals surface area contributed by atoms with Crippen LogP contribution < -0.4 is 15.4 Å². The standard InChI is InChI=1S/C25H29N3O6S/c1-2-24(30)27-20-13-21(16-29)28(15-20)35(32,33)22-8-6-18(7-9-22)25(31)26-14-17-5-10-23-19(12-17)4-3-11-34-23/h2,5-10,12,20-21,29H,1,3-4,11,13-16H2,(H,26,31)(H,27,30). The maximum absolute atomic E-state index is 13.2. The molecule has 0 saturated carbocycles. The number of rotatable bonds is 8.